The lowest BCUT2D eigenvalue weighted by atomic mass is 10.2. The minimum absolute atomic E-state index is 0.0425. The summed E-state index contributed by atoms with van der Waals surface area (Å²) in [6.07, 6.45) is -3.52. The first-order valence-electron chi connectivity index (χ1n) is 5.30. The molecule has 1 aromatic heterocycles. The van der Waals surface area contributed by atoms with Crippen LogP contribution in [0.15, 0.2) is 36.5 Å². The highest BCUT2D eigenvalue weighted by Crippen LogP contribution is 2.31. The molecule has 2 nitrogen and oxygen atoms in total. The third-order valence-electron chi connectivity index (χ3n) is 2.60. The van der Waals surface area contributed by atoms with Crippen LogP contribution in [0, 0.1) is 11.3 Å². The van der Waals surface area contributed by atoms with Crippen molar-refractivity contribution in [2.45, 2.75) is 11.5 Å². The molecule has 0 spiro atoms. The number of halogens is 4. The molecule has 1 aromatic carbocycles. The molecule has 0 saturated carbocycles. The predicted molar refractivity (Wildman–Crippen MR) is 68.1 cm³/mol. The van der Waals surface area contributed by atoms with Crippen LogP contribution in [-0.4, -0.2) is 4.57 Å². The molecule has 0 aliphatic rings. The molecule has 2 aromatic rings. The topological polar surface area (TPSA) is 28.7 Å². The van der Waals surface area contributed by atoms with Crippen LogP contribution in [0.4, 0.5) is 13.2 Å². The van der Waals surface area contributed by atoms with Crippen molar-refractivity contribution in [2.24, 2.45) is 0 Å². The summed E-state index contributed by atoms with van der Waals surface area (Å²) in [6, 6.07) is 9.60. The van der Waals surface area contributed by atoms with Gasteiger partial charge in [0, 0.05) is 17.2 Å². The Labute approximate surface area is 116 Å². The van der Waals surface area contributed by atoms with E-state index in [1.54, 1.807) is 24.3 Å². The zero-order valence-electron chi connectivity index (χ0n) is 9.58. The van der Waals surface area contributed by atoms with Gasteiger partial charge < -0.3 is 4.57 Å². The van der Waals surface area contributed by atoms with Crippen LogP contribution in [0.1, 0.15) is 16.8 Å². The average Bonchev–Trinajstić information content (AvgIpc) is 2.83. The monoisotopic (exact) mass is 328 g/mol. The molecule has 0 radical (unpaired) electrons. The first-order chi connectivity index (χ1) is 8.95. The van der Waals surface area contributed by atoms with E-state index in [0.717, 1.165) is 17.8 Å². The lowest BCUT2D eigenvalue weighted by molar-refractivity contribution is -0.137. The Morgan fingerprint density at radius 3 is 2.58 bits per heavy atom. The fraction of sp³-hybridized carbons (Fsp3) is 0.154. The maximum absolute atomic E-state index is 12.6. The number of hydrogen-bond acceptors (Lipinski definition) is 1. The van der Waals surface area contributed by atoms with Crippen molar-refractivity contribution < 1.29 is 13.2 Å². The van der Waals surface area contributed by atoms with Crippen molar-refractivity contribution in [2.75, 3.05) is 0 Å². The van der Waals surface area contributed by atoms with E-state index in [1.807, 2.05) is 6.07 Å². The number of nitriles is 1. The maximum Gasteiger partial charge on any atom is 0.417 e. The molecule has 0 aliphatic heterocycles. The maximum atomic E-state index is 12.6. The van der Waals surface area contributed by atoms with Crippen molar-refractivity contribution in [1.82, 2.24) is 4.57 Å². The zero-order valence-corrected chi connectivity index (χ0v) is 11.2. The van der Waals surface area contributed by atoms with Gasteiger partial charge >= 0.3 is 6.18 Å². The van der Waals surface area contributed by atoms with E-state index in [-0.39, 0.29) is 5.69 Å². The second-order valence-electron chi connectivity index (χ2n) is 3.90. The second kappa shape index (κ2) is 5.10. The molecule has 0 unspecified atom stereocenters. The van der Waals surface area contributed by atoms with Gasteiger partial charge in [0.2, 0.25) is 0 Å². The van der Waals surface area contributed by atoms with Gasteiger partial charge in [-0.15, -0.1) is 0 Å². The molecule has 0 atom stereocenters. The standard InChI is InChI=1S/C13H8BrF3N2/c14-6-9-2-1-3-11(4-9)19-8-10(13(15,16)17)5-12(19)7-18/h1-5,8H,6H2. The van der Waals surface area contributed by atoms with E-state index >= 15 is 0 Å². The molecule has 0 fully saturated rings. The lowest BCUT2D eigenvalue weighted by Gasteiger charge is -2.06. The number of hydrogen-bond donors (Lipinski definition) is 0. The van der Waals surface area contributed by atoms with Crippen LogP contribution >= 0.6 is 15.9 Å². The summed E-state index contributed by atoms with van der Waals surface area (Å²) in [7, 11) is 0. The molecule has 2 rings (SSSR count). The summed E-state index contributed by atoms with van der Waals surface area (Å²) in [5.74, 6) is 0. The van der Waals surface area contributed by atoms with Crippen LogP contribution in [0.25, 0.3) is 5.69 Å². The number of benzene rings is 1. The van der Waals surface area contributed by atoms with Crippen LogP contribution < -0.4 is 0 Å². The van der Waals surface area contributed by atoms with Crippen molar-refractivity contribution >= 4 is 15.9 Å². The molecule has 1 heterocycles. The van der Waals surface area contributed by atoms with Crippen molar-refractivity contribution in [1.29, 1.82) is 5.26 Å². The highest BCUT2D eigenvalue weighted by atomic mass is 79.9. The molecule has 0 saturated heterocycles. The number of nitrogens with zero attached hydrogens (tertiary/aromatic N) is 2. The largest absolute Gasteiger partial charge is 0.417 e. The Bertz CT molecular complexity index is 638. The molecule has 0 amide bonds. The van der Waals surface area contributed by atoms with Crippen molar-refractivity contribution in [3.63, 3.8) is 0 Å². The van der Waals surface area contributed by atoms with Gasteiger partial charge in [0.25, 0.3) is 0 Å². The smallest absolute Gasteiger partial charge is 0.308 e. The van der Waals surface area contributed by atoms with Gasteiger partial charge in [0.15, 0.2) is 0 Å². The summed E-state index contributed by atoms with van der Waals surface area (Å²) < 4.78 is 39.2. The van der Waals surface area contributed by atoms with Gasteiger partial charge in [-0.2, -0.15) is 18.4 Å². The van der Waals surface area contributed by atoms with Gasteiger partial charge in [-0.25, -0.2) is 0 Å². The van der Waals surface area contributed by atoms with Crippen molar-refractivity contribution in [3.8, 4) is 11.8 Å². The average molecular weight is 329 g/mol. The van der Waals surface area contributed by atoms with Gasteiger partial charge in [-0.05, 0) is 23.8 Å². The van der Waals surface area contributed by atoms with Gasteiger partial charge in [-0.3, -0.25) is 0 Å². The fourth-order valence-electron chi connectivity index (χ4n) is 1.71. The van der Waals surface area contributed by atoms with Crippen LogP contribution in [0.2, 0.25) is 0 Å². The van der Waals surface area contributed by atoms with Gasteiger partial charge in [-0.1, -0.05) is 28.1 Å². The van der Waals surface area contributed by atoms with E-state index in [0.29, 0.717) is 11.0 Å². The van der Waals surface area contributed by atoms with Crippen LogP contribution in [0.3, 0.4) is 0 Å². The quantitative estimate of drug-likeness (QED) is 0.757. The van der Waals surface area contributed by atoms with E-state index in [4.69, 9.17) is 5.26 Å². The minimum atomic E-state index is -4.45. The molecular formula is C13H8BrF3N2. The lowest BCUT2D eigenvalue weighted by Crippen LogP contribution is -2.03. The molecule has 6 heteroatoms. The Kier molecular flexibility index (Phi) is 3.67. The normalized spacial score (nSPS) is 11.3. The Morgan fingerprint density at radius 2 is 2.00 bits per heavy atom. The third kappa shape index (κ3) is 2.82. The second-order valence-corrected chi connectivity index (χ2v) is 4.46. The highest BCUT2D eigenvalue weighted by Gasteiger charge is 2.32. The Hall–Kier alpha value is -1.74. The first kappa shape index (κ1) is 13.7. The molecule has 0 bridgehead atoms. The number of alkyl halides is 4. The van der Waals surface area contributed by atoms with Crippen molar-refractivity contribution in [3.05, 3.63) is 53.3 Å². The molecule has 98 valence electrons. The molecular weight excluding hydrogens is 321 g/mol. The Balaban J connectivity index is 2.55. The first-order valence-corrected chi connectivity index (χ1v) is 6.43. The van der Waals surface area contributed by atoms with E-state index in [1.165, 1.54) is 4.57 Å². The van der Waals surface area contributed by atoms with Crippen LogP contribution in [0.5, 0.6) is 0 Å². The van der Waals surface area contributed by atoms with Crippen LogP contribution in [-0.2, 0) is 11.5 Å². The van der Waals surface area contributed by atoms with Gasteiger partial charge in [0.05, 0.1) is 5.56 Å². The summed E-state index contributed by atoms with van der Waals surface area (Å²) in [5, 5.41) is 9.53. The SMILES string of the molecule is N#Cc1cc(C(F)(F)F)cn1-c1cccc(CBr)c1. The highest BCUT2D eigenvalue weighted by molar-refractivity contribution is 9.08. The zero-order chi connectivity index (χ0) is 14.0. The fourth-order valence-corrected chi connectivity index (χ4v) is 2.06. The summed E-state index contributed by atoms with van der Waals surface area (Å²) in [5.41, 5.74) is 0.583. The number of aromatic nitrogens is 1. The molecule has 19 heavy (non-hydrogen) atoms. The predicted octanol–water partition coefficient (Wildman–Crippen LogP) is 4.26. The number of rotatable bonds is 2. The van der Waals surface area contributed by atoms with E-state index in [9.17, 15) is 13.2 Å². The van der Waals surface area contributed by atoms with E-state index < -0.39 is 11.7 Å². The summed E-state index contributed by atoms with van der Waals surface area (Å²) >= 11 is 3.28. The summed E-state index contributed by atoms with van der Waals surface area (Å²) in [6.45, 7) is 0. The van der Waals surface area contributed by atoms with Gasteiger partial charge in [0.1, 0.15) is 11.8 Å². The third-order valence-corrected chi connectivity index (χ3v) is 3.25. The summed E-state index contributed by atoms with van der Waals surface area (Å²) in [4.78, 5) is 0. The van der Waals surface area contributed by atoms with E-state index in [2.05, 4.69) is 15.9 Å². The molecule has 0 N–H and O–H groups in total. The molecule has 0 aliphatic carbocycles. The minimum Gasteiger partial charge on any atom is -0.308 e. The Morgan fingerprint density at radius 1 is 1.26 bits per heavy atom.